The Kier molecular flexibility index (Phi) is 5.99. The zero-order valence-electron chi connectivity index (χ0n) is 15.0. The van der Waals surface area contributed by atoms with E-state index >= 15 is 0 Å². The van der Waals surface area contributed by atoms with Gasteiger partial charge in [-0.2, -0.15) is 0 Å². The topological polar surface area (TPSA) is 85.2 Å². The summed E-state index contributed by atoms with van der Waals surface area (Å²) in [5, 5.41) is 5.81. The first-order valence-corrected chi connectivity index (χ1v) is 8.40. The van der Waals surface area contributed by atoms with Gasteiger partial charge in [-0.15, -0.1) is 0 Å². The summed E-state index contributed by atoms with van der Waals surface area (Å²) in [7, 11) is 1.61. The maximum Gasteiger partial charge on any atom is 0.271 e. The zero-order valence-corrected chi connectivity index (χ0v) is 15.0. The van der Waals surface area contributed by atoms with E-state index in [9.17, 15) is 9.59 Å². The number of carbonyl (C=O) groups is 2. The number of hydrogen-bond acceptors (Lipinski definition) is 4. The van der Waals surface area contributed by atoms with Gasteiger partial charge in [-0.3, -0.25) is 9.59 Å². The van der Waals surface area contributed by atoms with Crippen molar-refractivity contribution in [3.05, 3.63) is 17.7 Å². The Morgan fingerprint density at radius 3 is 2.79 bits per heavy atom. The summed E-state index contributed by atoms with van der Waals surface area (Å²) >= 11 is 0. The van der Waals surface area contributed by atoms with E-state index in [2.05, 4.69) is 36.4 Å². The number of rotatable bonds is 6. The molecule has 1 aliphatic heterocycles. The number of ether oxygens (including phenoxy) is 1. The maximum atomic E-state index is 12.3. The van der Waals surface area contributed by atoms with E-state index in [1.54, 1.807) is 13.4 Å². The van der Waals surface area contributed by atoms with Gasteiger partial charge in [-0.1, -0.05) is 20.8 Å². The summed E-state index contributed by atoms with van der Waals surface area (Å²) in [6.07, 6.45) is 3.07. The second-order valence-corrected chi connectivity index (χ2v) is 7.45. The average molecular weight is 336 g/mol. The highest BCUT2D eigenvalue weighted by Gasteiger charge is 2.28. The molecule has 0 aliphatic carbocycles. The SMILES string of the molecule is COCCNC(=O)C1CCc2c(C(=O)NCC(C)(C)C)ncn2C1. The fourth-order valence-electron chi connectivity index (χ4n) is 2.72. The van der Waals surface area contributed by atoms with E-state index in [1.165, 1.54) is 0 Å². The van der Waals surface area contributed by atoms with Crippen LogP contribution in [0.4, 0.5) is 0 Å². The summed E-state index contributed by atoms with van der Waals surface area (Å²) < 4.78 is 6.86. The van der Waals surface area contributed by atoms with Gasteiger partial charge in [0.05, 0.1) is 24.5 Å². The maximum absolute atomic E-state index is 12.3. The van der Waals surface area contributed by atoms with E-state index in [0.29, 0.717) is 38.4 Å². The third kappa shape index (κ3) is 4.80. The average Bonchev–Trinajstić information content (AvgIpc) is 2.95. The number of nitrogens with one attached hydrogen (secondary N) is 2. The van der Waals surface area contributed by atoms with Gasteiger partial charge in [0.1, 0.15) is 5.69 Å². The van der Waals surface area contributed by atoms with Crippen molar-refractivity contribution < 1.29 is 14.3 Å². The minimum Gasteiger partial charge on any atom is -0.383 e. The van der Waals surface area contributed by atoms with Crippen LogP contribution in [0, 0.1) is 11.3 Å². The summed E-state index contributed by atoms with van der Waals surface area (Å²) in [6, 6.07) is 0. The molecular weight excluding hydrogens is 308 g/mol. The van der Waals surface area contributed by atoms with Gasteiger partial charge in [-0.25, -0.2) is 4.98 Å². The van der Waals surface area contributed by atoms with E-state index in [-0.39, 0.29) is 23.1 Å². The van der Waals surface area contributed by atoms with Gasteiger partial charge in [0.15, 0.2) is 0 Å². The number of imidazole rings is 1. The van der Waals surface area contributed by atoms with Crippen LogP contribution in [-0.4, -0.2) is 48.2 Å². The van der Waals surface area contributed by atoms with Crippen molar-refractivity contribution >= 4 is 11.8 Å². The Hall–Kier alpha value is -1.89. The molecule has 1 aromatic rings. The van der Waals surface area contributed by atoms with Crippen molar-refractivity contribution in [2.24, 2.45) is 11.3 Å². The van der Waals surface area contributed by atoms with Gasteiger partial charge in [0.25, 0.3) is 5.91 Å². The molecule has 0 fully saturated rings. The molecule has 1 unspecified atom stereocenters. The van der Waals surface area contributed by atoms with Gasteiger partial charge >= 0.3 is 0 Å². The molecule has 1 aliphatic rings. The first-order valence-electron chi connectivity index (χ1n) is 8.40. The molecule has 2 N–H and O–H groups in total. The number of hydrogen-bond donors (Lipinski definition) is 2. The molecule has 134 valence electrons. The van der Waals surface area contributed by atoms with Crippen LogP contribution in [0.2, 0.25) is 0 Å². The normalized spacial score (nSPS) is 17.2. The van der Waals surface area contributed by atoms with Crippen LogP contribution in [0.25, 0.3) is 0 Å². The lowest BCUT2D eigenvalue weighted by molar-refractivity contribution is -0.126. The minimum atomic E-state index is -0.137. The molecule has 1 atom stereocenters. The lowest BCUT2D eigenvalue weighted by Crippen LogP contribution is -2.38. The predicted octanol–water partition coefficient (Wildman–Crippen LogP) is 0.984. The number of aromatic nitrogens is 2. The molecule has 1 aromatic heterocycles. The smallest absolute Gasteiger partial charge is 0.271 e. The lowest BCUT2D eigenvalue weighted by atomic mass is 9.95. The highest BCUT2D eigenvalue weighted by molar-refractivity contribution is 5.93. The van der Waals surface area contributed by atoms with Crippen molar-refractivity contribution in [3.63, 3.8) is 0 Å². The van der Waals surface area contributed by atoms with E-state index in [4.69, 9.17) is 4.74 Å². The molecule has 0 aromatic carbocycles. The van der Waals surface area contributed by atoms with Crippen LogP contribution < -0.4 is 10.6 Å². The predicted molar refractivity (Wildman–Crippen MR) is 90.7 cm³/mol. The number of methoxy groups -OCH3 is 1. The summed E-state index contributed by atoms with van der Waals surface area (Å²) in [5.74, 6) is -0.194. The third-order valence-corrected chi connectivity index (χ3v) is 4.06. The zero-order chi connectivity index (χ0) is 17.7. The largest absolute Gasteiger partial charge is 0.383 e. The molecule has 0 saturated heterocycles. The molecule has 2 rings (SSSR count). The molecule has 7 heteroatoms. The van der Waals surface area contributed by atoms with Gasteiger partial charge in [0.2, 0.25) is 5.91 Å². The van der Waals surface area contributed by atoms with Crippen LogP contribution in [0.15, 0.2) is 6.33 Å². The molecule has 24 heavy (non-hydrogen) atoms. The second kappa shape index (κ2) is 7.79. The van der Waals surface area contributed by atoms with E-state index in [1.807, 2.05) is 4.57 Å². The number of carbonyl (C=O) groups excluding carboxylic acids is 2. The summed E-state index contributed by atoms with van der Waals surface area (Å²) in [5.41, 5.74) is 1.43. The minimum absolute atomic E-state index is 0.0286. The van der Waals surface area contributed by atoms with Crippen molar-refractivity contribution in [2.45, 2.75) is 40.2 Å². The van der Waals surface area contributed by atoms with Gasteiger partial charge in [-0.05, 0) is 18.3 Å². The van der Waals surface area contributed by atoms with Crippen LogP contribution in [0.1, 0.15) is 43.4 Å². The first kappa shape index (κ1) is 18.4. The van der Waals surface area contributed by atoms with Crippen molar-refractivity contribution in [1.82, 2.24) is 20.2 Å². The lowest BCUT2D eigenvalue weighted by Gasteiger charge is -2.24. The fourth-order valence-corrected chi connectivity index (χ4v) is 2.72. The van der Waals surface area contributed by atoms with Gasteiger partial charge in [0, 0.05) is 26.7 Å². The molecular formula is C17H28N4O3. The standard InChI is InChI=1S/C17H28N4O3/c1-17(2,3)10-19-16(23)14-13-6-5-12(9-21(13)11-20-14)15(22)18-7-8-24-4/h11-12H,5-10H2,1-4H3,(H,18,22)(H,19,23). The summed E-state index contributed by atoms with van der Waals surface area (Å²) in [4.78, 5) is 28.8. The van der Waals surface area contributed by atoms with Crippen LogP contribution >= 0.6 is 0 Å². The highest BCUT2D eigenvalue weighted by atomic mass is 16.5. The molecule has 0 radical (unpaired) electrons. The quantitative estimate of drug-likeness (QED) is 0.759. The molecule has 0 bridgehead atoms. The van der Waals surface area contributed by atoms with E-state index in [0.717, 1.165) is 12.1 Å². The Labute approximate surface area is 143 Å². The Balaban J connectivity index is 1.96. The highest BCUT2D eigenvalue weighted by Crippen LogP contribution is 2.23. The number of nitrogens with zero attached hydrogens (tertiary/aromatic N) is 2. The second-order valence-electron chi connectivity index (χ2n) is 7.45. The Bertz CT molecular complexity index is 589. The number of fused-ring (bicyclic) bond motifs is 1. The van der Waals surface area contributed by atoms with Crippen LogP contribution in [-0.2, 0) is 22.5 Å². The molecule has 0 saturated carbocycles. The Morgan fingerprint density at radius 2 is 2.12 bits per heavy atom. The van der Waals surface area contributed by atoms with Crippen molar-refractivity contribution in [1.29, 1.82) is 0 Å². The van der Waals surface area contributed by atoms with Crippen molar-refractivity contribution in [3.8, 4) is 0 Å². The molecule has 2 heterocycles. The van der Waals surface area contributed by atoms with Crippen LogP contribution in [0.3, 0.4) is 0 Å². The Morgan fingerprint density at radius 1 is 1.38 bits per heavy atom. The molecule has 7 nitrogen and oxygen atoms in total. The number of amides is 2. The molecule has 2 amide bonds. The monoisotopic (exact) mass is 336 g/mol. The van der Waals surface area contributed by atoms with E-state index < -0.39 is 0 Å². The molecule has 0 spiro atoms. The summed E-state index contributed by atoms with van der Waals surface area (Å²) in [6.45, 7) is 8.40. The van der Waals surface area contributed by atoms with Crippen molar-refractivity contribution in [2.75, 3.05) is 26.8 Å². The van der Waals surface area contributed by atoms with Crippen LogP contribution in [0.5, 0.6) is 0 Å². The fraction of sp³-hybridized carbons (Fsp3) is 0.706. The first-order chi connectivity index (χ1) is 11.3. The third-order valence-electron chi connectivity index (χ3n) is 4.06. The van der Waals surface area contributed by atoms with Gasteiger partial charge < -0.3 is 19.9 Å².